The van der Waals surface area contributed by atoms with Crippen LogP contribution in [0.2, 0.25) is 0 Å². The summed E-state index contributed by atoms with van der Waals surface area (Å²) in [5.41, 5.74) is 2.64. The van der Waals surface area contributed by atoms with Gasteiger partial charge in [-0.15, -0.1) is 0 Å². The number of nitrogens with zero attached hydrogens (tertiary/aromatic N) is 1. The van der Waals surface area contributed by atoms with Crippen molar-refractivity contribution in [1.29, 1.82) is 0 Å². The van der Waals surface area contributed by atoms with E-state index in [9.17, 15) is 9.59 Å². The third-order valence-corrected chi connectivity index (χ3v) is 4.97. The van der Waals surface area contributed by atoms with Crippen LogP contribution in [0.15, 0.2) is 47.1 Å². The first-order valence-electron chi connectivity index (χ1n) is 10.2. The van der Waals surface area contributed by atoms with Gasteiger partial charge < -0.3 is 19.1 Å². The Labute approximate surface area is 173 Å². The summed E-state index contributed by atoms with van der Waals surface area (Å²) < 4.78 is 16.5. The minimum absolute atomic E-state index is 0.275. The first-order chi connectivity index (χ1) is 13.9. The summed E-state index contributed by atoms with van der Waals surface area (Å²) in [5, 5.41) is 0. The Bertz CT molecular complexity index is 820. The second-order valence-corrected chi connectivity index (χ2v) is 6.73. The Hall–Kier alpha value is -2.76. The summed E-state index contributed by atoms with van der Waals surface area (Å²) >= 11 is 0. The predicted octanol–water partition coefficient (Wildman–Crippen LogP) is 4.39. The van der Waals surface area contributed by atoms with Crippen LogP contribution in [0.3, 0.4) is 0 Å². The number of carbonyl (C=O) groups excluding carboxylic acids is 2. The van der Waals surface area contributed by atoms with Gasteiger partial charge in [0.1, 0.15) is 5.76 Å². The number of ether oxygens (including phenoxy) is 3. The van der Waals surface area contributed by atoms with Gasteiger partial charge in [0.15, 0.2) is 5.88 Å². The predicted molar refractivity (Wildman–Crippen MR) is 111 cm³/mol. The molecule has 0 N–H and O–H groups in total. The zero-order valence-corrected chi connectivity index (χ0v) is 18.2. The summed E-state index contributed by atoms with van der Waals surface area (Å²) in [6, 6.07) is 7.21. The van der Waals surface area contributed by atoms with Gasteiger partial charge in [-0.3, -0.25) is 0 Å². The molecule has 0 bridgehead atoms. The first-order valence-corrected chi connectivity index (χ1v) is 10.2. The molecule has 0 fully saturated rings. The van der Waals surface area contributed by atoms with Crippen LogP contribution in [0.1, 0.15) is 63.4 Å². The molecule has 0 amide bonds. The maximum atomic E-state index is 12.8. The van der Waals surface area contributed by atoms with Crippen molar-refractivity contribution in [2.75, 3.05) is 26.3 Å². The molecule has 1 unspecified atom stereocenters. The van der Waals surface area contributed by atoms with Crippen LogP contribution < -0.4 is 0 Å². The smallest absolute Gasteiger partial charge is 0.338 e. The van der Waals surface area contributed by atoms with E-state index in [1.807, 2.05) is 13.0 Å². The lowest BCUT2D eigenvalue weighted by Gasteiger charge is -2.34. The van der Waals surface area contributed by atoms with Crippen LogP contribution in [0.4, 0.5) is 0 Å². The summed E-state index contributed by atoms with van der Waals surface area (Å²) in [4.78, 5) is 27.1. The number of allylic oxidation sites excluding steroid dienone is 2. The Balaban J connectivity index is 2.62. The van der Waals surface area contributed by atoms with Gasteiger partial charge >= 0.3 is 11.9 Å². The molecule has 29 heavy (non-hydrogen) atoms. The molecule has 0 aromatic heterocycles. The van der Waals surface area contributed by atoms with Gasteiger partial charge in [-0.05, 0) is 64.8 Å². The summed E-state index contributed by atoms with van der Waals surface area (Å²) in [6.07, 6.45) is 0. The van der Waals surface area contributed by atoms with Crippen LogP contribution in [0, 0.1) is 0 Å². The molecule has 1 aliphatic heterocycles. The highest BCUT2D eigenvalue weighted by Crippen LogP contribution is 2.41. The van der Waals surface area contributed by atoms with Crippen LogP contribution in [0.5, 0.6) is 0 Å². The molecule has 2 rings (SSSR count). The fourth-order valence-electron chi connectivity index (χ4n) is 3.60. The van der Waals surface area contributed by atoms with Crippen molar-refractivity contribution in [3.63, 3.8) is 0 Å². The fourth-order valence-corrected chi connectivity index (χ4v) is 3.60. The molecule has 6 heteroatoms. The molecule has 6 nitrogen and oxygen atoms in total. The lowest BCUT2D eigenvalue weighted by Crippen LogP contribution is -2.31. The quantitative estimate of drug-likeness (QED) is 0.602. The summed E-state index contributed by atoms with van der Waals surface area (Å²) in [5.74, 6) is 0.0993. The van der Waals surface area contributed by atoms with Crippen molar-refractivity contribution in [3.8, 4) is 0 Å². The normalized spacial score (nSPS) is 16.4. The van der Waals surface area contributed by atoms with Crippen LogP contribution in [-0.2, 0) is 19.0 Å². The highest BCUT2D eigenvalue weighted by molar-refractivity contribution is 5.93. The van der Waals surface area contributed by atoms with Gasteiger partial charge in [0, 0.05) is 19.0 Å². The van der Waals surface area contributed by atoms with Gasteiger partial charge in [0.2, 0.25) is 0 Å². The van der Waals surface area contributed by atoms with Crippen molar-refractivity contribution in [1.82, 2.24) is 4.90 Å². The van der Waals surface area contributed by atoms with Crippen molar-refractivity contribution in [3.05, 3.63) is 58.2 Å². The number of carbonyl (C=O) groups is 2. The average molecular weight is 402 g/mol. The zero-order chi connectivity index (χ0) is 21.6. The molecule has 1 heterocycles. The lowest BCUT2D eigenvalue weighted by atomic mass is 9.82. The topological polar surface area (TPSA) is 65.1 Å². The Kier molecular flexibility index (Phi) is 7.88. The molecule has 1 aromatic rings. The molecule has 158 valence electrons. The minimum Gasteiger partial charge on any atom is -0.463 e. The SMILES string of the molecule is CCOC(=O)C1=C(C)OC(N(CC)CC)=C(C)C1c1cccc(C(=O)OCC)c1. The zero-order valence-electron chi connectivity index (χ0n) is 18.2. The van der Waals surface area contributed by atoms with Gasteiger partial charge in [0.05, 0.1) is 24.4 Å². The summed E-state index contributed by atoms with van der Waals surface area (Å²) in [6.45, 7) is 13.5. The number of benzene rings is 1. The minimum atomic E-state index is -0.408. The van der Waals surface area contributed by atoms with E-state index < -0.39 is 5.97 Å². The Morgan fingerprint density at radius 3 is 2.21 bits per heavy atom. The third kappa shape index (κ3) is 4.81. The van der Waals surface area contributed by atoms with E-state index in [4.69, 9.17) is 14.2 Å². The lowest BCUT2D eigenvalue weighted by molar-refractivity contribution is -0.139. The molecule has 0 aliphatic carbocycles. The van der Waals surface area contributed by atoms with E-state index in [1.165, 1.54) is 0 Å². The third-order valence-electron chi connectivity index (χ3n) is 4.97. The Morgan fingerprint density at radius 1 is 1.00 bits per heavy atom. The molecule has 1 aliphatic rings. The number of hydrogen-bond acceptors (Lipinski definition) is 6. The first kappa shape index (κ1) is 22.5. The van der Waals surface area contributed by atoms with E-state index in [0.717, 1.165) is 30.1 Å². The second kappa shape index (κ2) is 10.1. The van der Waals surface area contributed by atoms with Crippen molar-refractivity contribution in [2.24, 2.45) is 0 Å². The number of hydrogen-bond donors (Lipinski definition) is 0. The molecule has 0 saturated carbocycles. The van der Waals surface area contributed by atoms with E-state index in [0.29, 0.717) is 23.5 Å². The molecule has 1 aromatic carbocycles. The second-order valence-electron chi connectivity index (χ2n) is 6.73. The molecule has 0 spiro atoms. The van der Waals surface area contributed by atoms with E-state index in [1.54, 1.807) is 39.0 Å². The van der Waals surface area contributed by atoms with E-state index in [-0.39, 0.29) is 18.5 Å². The van der Waals surface area contributed by atoms with Gasteiger partial charge in [-0.1, -0.05) is 12.1 Å². The molecule has 1 atom stereocenters. The maximum absolute atomic E-state index is 12.8. The number of rotatable bonds is 8. The molecular formula is C23H31NO5. The largest absolute Gasteiger partial charge is 0.463 e. The average Bonchev–Trinajstić information content (AvgIpc) is 2.71. The van der Waals surface area contributed by atoms with E-state index in [2.05, 4.69) is 18.7 Å². The maximum Gasteiger partial charge on any atom is 0.338 e. The number of esters is 2. The highest BCUT2D eigenvalue weighted by atomic mass is 16.5. The summed E-state index contributed by atoms with van der Waals surface area (Å²) in [7, 11) is 0. The molecule has 0 radical (unpaired) electrons. The molecule has 0 saturated heterocycles. The molecular weight excluding hydrogens is 370 g/mol. The van der Waals surface area contributed by atoms with Gasteiger partial charge in [-0.2, -0.15) is 0 Å². The van der Waals surface area contributed by atoms with Crippen LogP contribution in [-0.4, -0.2) is 43.1 Å². The van der Waals surface area contributed by atoms with Crippen molar-refractivity contribution in [2.45, 2.75) is 47.5 Å². The Morgan fingerprint density at radius 2 is 1.62 bits per heavy atom. The fraction of sp³-hybridized carbons (Fsp3) is 0.478. The van der Waals surface area contributed by atoms with Crippen LogP contribution >= 0.6 is 0 Å². The highest BCUT2D eigenvalue weighted by Gasteiger charge is 2.36. The van der Waals surface area contributed by atoms with Crippen molar-refractivity contribution >= 4 is 11.9 Å². The van der Waals surface area contributed by atoms with Crippen molar-refractivity contribution < 1.29 is 23.8 Å². The van der Waals surface area contributed by atoms with Gasteiger partial charge in [-0.25, -0.2) is 9.59 Å². The van der Waals surface area contributed by atoms with E-state index >= 15 is 0 Å². The van der Waals surface area contributed by atoms with Crippen LogP contribution in [0.25, 0.3) is 0 Å². The monoisotopic (exact) mass is 401 g/mol. The standard InChI is InChI=1S/C23H31NO5/c1-7-24(8-2)21-15(5)19(20(16(6)29-21)23(26)28-10-4)17-12-11-13-18(14-17)22(25)27-9-3/h11-14,19H,7-10H2,1-6H3. The van der Waals surface area contributed by atoms with Gasteiger partial charge in [0.25, 0.3) is 0 Å².